The number of hydrogen-bond donors (Lipinski definition) is 0. The highest BCUT2D eigenvalue weighted by Crippen LogP contribution is 2.35. The summed E-state index contributed by atoms with van der Waals surface area (Å²) in [7, 11) is 1.93. The molecule has 0 N–H and O–H groups in total. The zero-order valence-corrected chi connectivity index (χ0v) is 21.7. The molecule has 1 fully saturated rings. The summed E-state index contributed by atoms with van der Waals surface area (Å²) in [5, 5.41) is 4.58. The van der Waals surface area contributed by atoms with Crippen LogP contribution < -0.4 is 4.90 Å². The SMILES string of the molecule is C=C(C1CCCCC1)N(Cc1ccc(/C=C/c2cccnc2)nc1)c1cc(C)nc(-c2ccn(C)n2)c1. The van der Waals surface area contributed by atoms with Gasteiger partial charge in [-0.1, -0.05) is 44.1 Å². The molecular weight excluding hydrogens is 456 g/mol. The Hall–Kier alpha value is -4.06. The van der Waals surface area contributed by atoms with Gasteiger partial charge in [-0.25, -0.2) is 0 Å². The molecule has 1 saturated carbocycles. The number of pyridine rings is 3. The highest BCUT2D eigenvalue weighted by Gasteiger charge is 2.23. The van der Waals surface area contributed by atoms with Crippen molar-refractivity contribution in [3.63, 3.8) is 0 Å². The van der Waals surface area contributed by atoms with E-state index in [2.05, 4.69) is 45.8 Å². The number of hydrogen-bond acceptors (Lipinski definition) is 5. The summed E-state index contributed by atoms with van der Waals surface area (Å²) in [6.45, 7) is 7.37. The van der Waals surface area contributed by atoms with E-state index in [1.165, 1.54) is 37.8 Å². The molecule has 0 spiro atoms. The molecule has 0 unspecified atom stereocenters. The van der Waals surface area contributed by atoms with Gasteiger partial charge in [0.25, 0.3) is 0 Å². The average Bonchev–Trinajstić information content (AvgIpc) is 3.38. The maximum absolute atomic E-state index is 4.78. The molecule has 6 nitrogen and oxygen atoms in total. The summed E-state index contributed by atoms with van der Waals surface area (Å²) in [5.41, 5.74) is 8.12. The van der Waals surface area contributed by atoms with E-state index < -0.39 is 0 Å². The third kappa shape index (κ3) is 6.20. The first-order valence-corrected chi connectivity index (χ1v) is 13.0. The highest BCUT2D eigenvalue weighted by atomic mass is 15.3. The summed E-state index contributed by atoms with van der Waals surface area (Å²) in [5.74, 6) is 0.496. The lowest BCUT2D eigenvalue weighted by atomic mass is 9.86. The number of nitrogens with zero attached hydrogens (tertiary/aromatic N) is 6. The predicted molar refractivity (Wildman–Crippen MR) is 150 cm³/mol. The number of allylic oxidation sites excluding steroid dienone is 1. The molecule has 5 rings (SSSR count). The minimum Gasteiger partial charge on any atom is -0.341 e. The fourth-order valence-corrected chi connectivity index (χ4v) is 4.97. The Labute approximate surface area is 219 Å². The summed E-state index contributed by atoms with van der Waals surface area (Å²) < 4.78 is 1.81. The molecule has 0 radical (unpaired) electrons. The molecule has 0 saturated heterocycles. The minimum absolute atomic E-state index is 0.496. The Morgan fingerprint density at radius 1 is 1.05 bits per heavy atom. The third-order valence-corrected chi connectivity index (χ3v) is 6.97. The van der Waals surface area contributed by atoms with Crippen LogP contribution in [-0.2, 0) is 13.6 Å². The Bertz CT molecular complexity index is 1360. The summed E-state index contributed by atoms with van der Waals surface area (Å²) >= 11 is 0. The molecule has 1 aliphatic rings. The Balaban J connectivity index is 1.42. The lowest BCUT2D eigenvalue weighted by molar-refractivity contribution is 0.396. The highest BCUT2D eigenvalue weighted by molar-refractivity contribution is 5.67. The van der Waals surface area contributed by atoms with Crippen molar-refractivity contribution >= 4 is 17.8 Å². The van der Waals surface area contributed by atoms with Crippen LogP contribution in [-0.4, -0.2) is 24.7 Å². The van der Waals surface area contributed by atoms with Gasteiger partial charge in [0.15, 0.2) is 0 Å². The predicted octanol–water partition coefficient (Wildman–Crippen LogP) is 6.85. The molecule has 0 aromatic carbocycles. The van der Waals surface area contributed by atoms with E-state index >= 15 is 0 Å². The van der Waals surface area contributed by atoms with Gasteiger partial charge in [-0.15, -0.1) is 0 Å². The molecule has 4 aromatic heterocycles. The van der Waals surface area contributed by atoms with E-state index in [1.54, 1.807) is 6.20 Å². The topological polar surface area (TPSA) is 59.7 Å². The lowest BCUT2D eigenvalue weighted by Gasteiger charge is -2.34. The van der Waals surface area contributed by atoms with Crippen molar-refractivity contribution in [2.45, 2.75) is 45.6 Å². The van der Waals surface area contributed by atoms with Crippen molar-refractivity contribution in [2.75, 3.05) is 4.90 Å². The molecule has 0 amide bonds. The van der Waals surface area contributed by atoms with Gasteiger partial charge in [0, 0.05) is 55.5 Å². The van der Waals surface area contributed by atoms with Gasteiger partial charge in [-0.2, -0.15) is 5.10 Å². The number of rotatable bonds is 8. The van der Waals surface area contributed by atoms with Crippen molar-refractivity contribution in [1.82, 2.24) is 24.7 Å². The van der Waals surface area contributed by atoms with Gasteiger partial charge < -0.3 is 4.90 Å². The van der Waals surface area contributed by atoms with Crippen LogP contribution in [0.15, 0.2) is 79.5 Å². The molecule has 0 aliphatic heterocycles. The minimum atomic E-state index is 0.496. The molecule has 188 valence electrons. The number of aromatic nitrogens is 5. The van der Waals surface area contributed by atoms with Crippen molar-refractivity contribution in [2.24, 2.45) is 13.0 Å². The molecule has 4 aromatic rings. The summed E-state index contributed by atoms with van der Waals surface area (Å²) in [4.78, 5) is 16.0. The Morgan fingerprint density at radius 2 is 1.92 bits per heavy atom. The lowest BCUT2D eigenvalue weighted by Crippen LogP contribution is -2.27. The standard InChI is InChI=1S/C31H34N6/c1-23-18-29(19-31(34-23)30-15-17-36(3)35-30)37(24(2)27-9-5-4-6-10-27)22-26-12-14-28(33-21-26)13-11-25-8-7-16-32-20-25/h7-8,11-21,27H,2,4-6,9-10,22H2,1,3H3/b13-11+. The number of anilines is 1. The molecule has 0 bridgehead atoms. The summed E-state index contributed by atoms with van der Waals surface area (Å²) in [6, 6.07) is 14.5. The van der Waals surface area contributed by atoms with Crippen LogP contribution in [0.1, 0.15) is 54.6 Å². The first-order valence-electron chi connectivity index (χ1n) is 13.0. The van der Waals surface area contributed by atoms with E-state index in [0.29, 0.717) is 12.5 Å². The molecule has 37 heavy (non-hydrogen) atoms. The average molecular weight is 491 g/mol. The molecular formula is C31H34N6. The van der Waals surface area contributed by atoms with E-state index in [0.717, 1.165) is 39.6 Å². The Morgan fingerprint density at radius 3 is 2.62 bits per heavy atom. The summed E-state index contributed by atoms with van der Waals surface area (Å²) in [6.07, 6.45) is 17.8. The zero-order chi connectivity index (χ0) is 25.6. The van der Waals surface area contributed by atoms with Crippen molar-refractivity contribution in [1.29, 1.82) is 0 Å². The van der Waals surface area contributed by atoms with Crippen LogP contribution >= 0.6 is 0 Å². The Kier molecular flexibility index (Phi) is 7.54. The van der Waals surface area contributed by atoms with Crippen molar-refractivity contribution in [3.05, 3.63) is 102 Å². The van der Waals surface area contributed by atoms with Gasteiger partial charge >= 0.3 is 0 Å². The number of aryl methyl sites for hydroxylation is 2. The molecule has 0 atom stereocenters. The van der Waals surface area contributed by atoms with Crippen LogP contribution in [0.5, 0.6) is 0 Å². The molecule has 1 aliphatic carbocycles. The van der Waals surface area contributed by atoms with Crippen LogP contribution in [0.2, 0.25) is 0 Å². The molecule has 4 heterocycles. The van der Waals surface area contributed by atoms with Crippen LogP contribution in [0, 0.1) is 12.8 Å². The van der Waals surface area contributed by atoms with Crippen molar-refractivity contribution < 1.29 is 0 Å². The maximum atomic E-state index is 4.78. The first kappa shape index (κ1) is 24.6. The first-order chi connectivity index (χ1) is 18.0. The quantitative estimate of drug-likeness (QED) is 0.270. The second-order valence-electron chi connectivity index (χ2n) is 9.85. The van der Waals surface area contributed by atoms with E-state index in [4.69, 9.17) is 9.97 Å². The fraction of sp³-hybridized carbons (Fsp3) is 0.290. The van der Waals surface area contributed by atoms with Crippen LogP contribution in [0.3, 0.4) is 0 Å². The van der Waals surface area contributed by atoms with Crippen LogP contribution in [0.4, 0.5) is 5.69 Å². The smallest absolute Gasteiger partial charge is 0.111 e. The largest absolute Gasteiger partial charge is 0.341 e. The third-order valence-electron chi connectivity index (χ3n) is 6.97. The monoisotopic (exact) mass is 490 g/mol. The maximum Gasteiger partial charge on any atom is 0.111 e. The van der Waals surface area contributed by atoms with Gasteiger partial charge in [0.1, 0.15) is 5.69 Å². The van der Waals surface area contributed by atoms with E-state index in [1.807, 2.05) is 67.6 Å². The van der Waals surface area contributed by atoms with Gasteiger partial charge in [-0.3, -0.25) is 19.6 Å². The fourth-order valence-electron chi connectivity index (χ4n) is 4.97. The second kappa shape index (κ2) is 11.3. The van der Waals surface area contributed by atoms with Crippen LogP contribution in [0.25, 0.3) is 23.5 Å². The normalized spacial score (nSPS) is 14.2. The zero-order valence-electron chi connectivity index (χ0n) is 21.7. The van der Waals surface area contributed by atoms with Gasteiger partial charge in [0.05, 0.1) is 11.4 Å². The van der Waals surface area contributed by atoms with E-state index in [9.17, 15) is 0 Å². The van der Waals surface area contributed by atoms with Gasteiger partial charge in [-0.05, 0) is 73.2 Å². The van der Waals surface area contributed by atoms with Crippen molar-refractivity contribution in [3.8, 4) is 11.4 Å². The van der Waals surface area contributed by atoms with E-state index in [-0.39, 0.29) is 0 Å². The van der Waals surface area contributed by atoms with Gasteiger partial charge in [0.2, 0.25) is 0 Å². The second-order valence-corrected chi connectivity index (χ2v) is 9.85. The molecule has 6 heteroatoms.